The summed E-state index contributed by atoms with van der Waals surface area (Å²) >= 11 is 0. The van der Waals surface area contributed by atoms with Gasteiger partial charge in [0.05, 0.1) is 0 Å². The van der Waals surface area contributed by atoms with Gasteiger partial charge in [0.15, 0.2) is 0 Å². The van der Waals surface area contributed by atoms with Crippen LogP contribution in [-0.2, 0) is 4.43 Å². The molecule has 1 heterocycles. The molecule has 0 aliphatic carbocycles. The fourth-order valence-corrected chi connectivity index (χ4v) is 3.14. The summed E-state index contributed by atoms with van der Waals surface area (Å²) in [4.78, 5) is 12.4. The van der Waals surface area contributed by atoms with Gasteiger partial charge in [-0.1, -0.05) is 42.0 Å². The van der Waals surface area contributed by atoms with Gasteiger partial charge in [0, 0.05) is 18.9 Å². The van der Waals surface area contributed by atoms with E-state index in [-0.39, 0.29) is 5.91 Å². The van der Waals surface area contributed by atoms with E-state index in [0.717, 1.165) is 40.7 Å². The number of hydrogen-bond donors (Lipinski definition) is 0. The van der Waals surface area contributed by atoms with E-state index in [1.807, 2.05) is 36.4 Å². The molecule has 0 saturated carbocycles. The first-order valence-corrected chi connectivity index (χ1v) is 8.45. The van der Waals surface area contributed by atoms with Gasteiger partial charge in [-0.05, 0) is 23.9 Å². The molecule has 0 saturated heterocycles. The molecule has 0 bridgehead atoms. The molecule has 0 amide bonds. The minimum absolute atomic E-state index is 0.000367. The number of carbonyl (C=O) groups is 1. The molecule has 6 heteroatoms. The van der Waals surface area contributed by atoms with Crippen molar-refractivity contribution in [2.75, 3.05) is 7.11 Å². The zero-order valence-corrected chi connectivity index (χ0v) is 13.5. The van der Waals surface area contributed by atoms with Crippen LogP contribution in [-0.4, -0.2) is 37.8 Å². The van der Waals surface area contributed by atoms with Gasteiger partial charge >= 0.3 is 0 Å². The highest BCUT2D eigenvalue weighted by molar-refractivity contribution is 6.26. The van der Waals surface area contributed by atoms with Crippen LogP contribution in [0.5, 0.6) is 0 Å². The SMILES string of the molecule is CO[Si]CCCCC(=O)n1nnc2ccc3ccccc3c21. The van der Waals surface area contributed by atoms with E-state index in [1.54, 1.807) is 7.11 Å². The standard InChI is InChI=1S/C16H17N3O2Si/c1-21-22-11-5-4-8-15(20)19-16-13-7-3-2-6-12(13)9-10-14(16)17-18-19/h2-3,6-7,9-10H,4-5,8,11H2,1H3. The van der Waals surface area contributed by atoms with E-state index in [0.29, 0.717) is 16.2 Å². The van der Waals surface area contributed by atoms with Crippen LogP contribution >= 0.6 is 0 Å². The number of unbranched alkanes of at least 4 members (excludes halogenated alkanes) is 1. The Hall–Kier alpha value is -2.05. The maximum atomic E-state index is 12.4. The number of fused-ring (bicyclic) bond motifs is 3. The van der Waals surface area contributed by atoms with Crippen LogP contribution in [0, 0.1) is 0 Å². The second kappa shape index (κ2) is 6.80. The molecule has 22 heavy (non-hydrogen) atoms. The zero-order chi connectivity index (χ0) is 15.4. The van der Waals surface area contributed by atoms with E-state index in [4.69, 9.17) is 4.43 Å². The molecular formula is C16H17N3O2Si. The Morgan fingerprint density at radius 2 is 2.09 bits per heavy atom. The van der Waals surface area contributed by atoms with E-state index in [2.05, 4.69) is 10.3 Å². The summed E-state index contributed by atoms with van der Waals surface area (Å²) in [5.74, 6) is -0.000367. The van der Waals surface area contributed by atoms with E-state index < -0.39 is 0 Å². The highest BCUT2D eigenvalue weighted by Crippen LogP contribution is 2.24. The van der Waals surface area contributed by atoms with Crippen LogP contribution in [0.3, 0.4) is 0 Å². The van der Waals surface area contributed by atoms with Gasteiger partial charge in [0.25, 0.3) is 0 Å². The molecule has 0 spiro atoms. The smallest absolute Gasteiger partial charge is 0.248 e. The fourth-order valence-electron chi connectivity index (χ4n) is 2.54. The largest absolute Gasteiger partial charge is 0.421 e. The summed E-state index contributed by atoms with van der Waals surface area (Å²) in [6.45, 7) is 0. The second-order valence-corrected chi connectivity index (χ2v) is 6.30. The highest BCUT2D eigenvalue weighted by Gasteiger charge is 2.14. The van der Waals surface area contributed by atoms with Crippen LogP contribution in [0.1, 0.15) is 24.1 Å². The van der Waals surface area contributed by atoms with Gasteiger partial charge in [-0.2, -0.15) is 4.68 Å². The molecule has 3 aromatic rings. The summed E-state index contributed by atoms with van der Waals surface area (Å²) in [6.07, 6.45) is 2.32. The first kappa shape index (κ1) is 14.9. The van der Waals surface area contributed by atoms with Crippen LogP contribution in [0.2, 0.25) is 6.04 Å². The number of rotatable bonds is 6. The normalized spacial score (nSPS) is 11.3. The van der Waals surface area contributed by atoms with E-state index >= 15 is 0 Å². The lowest BCUT2D eigenvalue weighted by atomic mass is 10.1. The summed E-state index contributed by atoms with van der Waals surface area (Å²) in [5.41, 5.74) is 1.56. The lowest BCUT2D eigenvalue weighted by molar-refractivity contribution is 0.0887. The van der Waals surface area contributed by atoms with Gasteiger partial charge in [-0.25, -0.2) is 0 Å². The van der Waals surface area contributed by atoms with E-state index in [9.17, 15) is 4.79 Å². The molecule has 3 rings (SSSR count). The molecular weight excluding hydrogens is 294 g/mol. The summed E-state index contributed by atoms with van der Waals surface area (Å²) in [5, 5.41) is 10.3. The third-order valence-electron chi connectivity index (χ3n) is 3.63. The van der Waals surface area contributed by atoms with Crippen molar-refractivity contribution in [3.05, 3.63) is 36.4 Å². The molecule has 2 aromatic carbocycles. The van der Waals surface area contributed by atoms with Crippen molar-refractivity contribution in [3.63, 3.8) is 0 Å². The molecule has 0 N–H and O–H groups in total. The average Bonchev–Trinajstić information content (AvgIpc) is 2.99. The van der Waals surface area contributed by atoms with Crippen LogP contribution < -0.4 is 0 Å². The number of hydrogen-bond acceptors (Lipinski definition) is 4. The predicted octanol–water partition coefficient (Wildman–Crippen LogP) is 3.08. The molecule has 0 aliphatic heterocycles. The lowest BCUT2D eigenvalue weighted by Gasteiger charge is -2.04. The molecule has 112 valence electrons. The lowest BCUT2D eigenvalue weighted by Crippen LogP contribution is -2.12. The average molecular weight is 311 g/mol. The van der Waals surface area contributed by atoms with Crippen molar-refractivity contribution < 1.29 is 9.22 Å². The molecule has 0 atom stereocenters. The molecule has 0 aliphatic rings. The predicted molar refractivity (Wildman–Crippen MR) is 87.1 cm³/mol. The second-order valence-electron chi connectivity index (χ2n) is 5.10. The highest BCUT2D eigenvalue weighted by atomic mass is 28.2. The van der Waals surface area contributed by atoms with Crippen LogP contribution in [0.15, 0.2) is 36.4 Å². The van der Waals surface area contributed by atoms with Crippen molar-refractivity contribution in [2.45, 2.75) is 25.3 Å². The first-order chi connectivity index (χ1) is 10.8. The third kappa shape index (κ3) is 2.93. The van der Waals surface area contributed by atoms with Crippen molar-refractivity contribution in [1.29, 1.82) is 0 Å². The minimum Gasteiger partial charge on any atom is -0.421 e. The van der Waals surface area contributed by atoms with Gasteiger partial charge in [0.2, 0.25) is 15.7 Å². The molecule has 0 fully saturated rings. The summed E-state index contributed by atoms with van der Waals surface area (Å²) in [6, 6.07) is 12.9. The Morgan fingerprint density at radius 3 is 2.95 bits per heavy atom. The molecule has 2 radical (unpaired) electrons. The minimum atomic E-state index is -0.000367. The Labute approximate surface area is 131 Å². The summed E-state index contributed by atoms with van der Waals surface area (Å²) < 4.78 is 6.50. The van der Waals surface area contributed by atoms with Gasteiger partial charge < -0.3 is 4.43 Å². The molecule has 0 unspecified atom stereocenters. The monoisotopic (exact) mass is 311 g/mol. The van der Waals surface area contributed by atoms with Crippen molar-refractivity contribution in [2.24, 2.45) is 0 Å². The third-order valence-corrected chi connectivity index (χ3v) is 4.48. The van der Waals surface area contributed by atoms with Crippen molar-refractivity contribution in [1.82, 2.24) is 15.0 Å². The first-order valence-electron chi connectivity index (χ1n) is 7.33. The van der Waals surface area contributed by atoms with E-state index in [1.165, 1.54) is 4.68 Å². The Balaban J connectivity index is 1.84. The van der Waals surface area contributed by atoms with Crippen molar-refractivity contribution in [3.8, 4) is 0 Å². The Bertz CT molecular complexity index is 800. The quantitative estimate of drug-likeness (QED) is 0.518. The van der Waals surface area contributed by atoms with Gasteiger partial charge in [0.1, 0.15) is 11.0 Å². The number of carbonyl (C=O) groups excluding carboxylic acids is 1. The number of nitrogens with zero attached hydrogens (tertiary/aromatic N) is 3. The maximum Gasteiger partial charge on any atom is 0.248 e. The summed E-state index contributed by atoms with van der Waals surface area (Å²) in [7, 11) is 2.22. The van der Waals surface area contributed by atoms with Crippen LogP contribution in [0.4, 0.5) is 0 Å². The topological polar surface area (TPSA) is 57.0 Å². The van der Waals surface area contributed by atoms with Crippen LogP contribution in [0.25, 0.3) is 21.8 Å². The molecule has 5 nitrogen and oxygen atoms in total. The Kier molecular flexibility index (Phi) is 4.60. The molecule has 1 aromatic heterocycles. The fraction of sp³-hybridized carbons (Fsp3) is 0.312. The Morgan fingerprint density at radius 1 is 1.23 bits per heavy atom. The zero-order valence-electron chi connectivity index (χ0n) is 12.5. The van der Waals surface area contributed by atoms with Crippen molar-refractivity contribution >= 4 is 37.5 Å². The number of aromatic nitrogens is 3. The number of benzene rings is 2. The van der Waals surface area contributed by atoms with Gasteiger partial charge in [-0.3, -0.25) is 4.79 Å². The van der Waals surface area contributed by atoms with Gasteiger partial charge in [-0.15, -0.1) is 5.10 Å². The maximum absolute atomic E-state index is 12.4.